The number of carbonyl (C=O) groups excluding carboxylic acids is 1. The van der Waals surface area contributed by atoms with Crippen molar-refractivity contribution in [2.75, 3.05) is 0 Å². The molecule has 0 bridgehead atoms. The van der Waals surface area contributed by atoms with Crippen LogP contribution in [0.15, 0.2) is 54.6 Å². The van der Waals surface area contributed by atoms with Gasteiger partial charge in [0.15, 0.2) is 0 Å². The zero-order valence-electron chi connectivity index (χ0n) is 14.0. The lowest BCUT2D eigenvalue weighted by molar-refractivity contribution is -0.127. The van der Waals surface area contributed by atoms with Crippen LogP contribution in [0.2, 0.25) is 0 Å². The molecule has 1 amide bonds. The zero-order valence-corrected chi connectivity index (χ0v) is 14.0. The summed E-state index contributed by atoms with van der Waals surface area (Å²) in [5.74, 6) is 0.175. The number of rotatable bonds is 4. The summed E-state index contributed by atoms with van der Waals surface area (Å²) in [4.78, 5) is 13.1. The summed E-state index contributed by atoms with van der Waals surface area (Å²) in [7, 11) is 0. The number of hydrogen-bond acceptors (Lipinski definition) is 1. The molecule has 2 heteroatoms. The van der Waals surface area contributed by atoms with Crippen molar-refractivity contribution in [1.82, 2.24) is 5.32 Å². The van der Waals surface area contributed by atoms with Gasteiger partial charge in [0.25, 0.3) is 0 Å². The number of aryl methyl sites for hydroxylation is 1. The first kappa shape index (κ1) is 15.8. The van der Waals surface area contributed by atoms with Crippen molar-refractivity contribution in [3.8, 4) is 0 Å². The maximum Gasteiger partial charge on any atom is 0.231 e. The van der Waals surface area contributed by atoms with Crippen molar-refractivity contribution in [2.45, 2.75) is 51.0 Å². The lowest BCUT2D eigenvalue weighted by Crippen LogP contribution is -2.43. The fourth-order valence-corrected chi connectivity index (χ4v) is 3.66. The lowest BCUT2D eigenvalue weighted by Gasteiger charge is -2.30. The van der Waals surface area contributed by atoms with Gasteiger partial charge in [-0.1, -0.05) is 73.0 Å². The Kier molecular flexibility index (Phi) is 4.51. The Bertz CT molecular complexity index is 654. The maximum absolute atomic E-state index is 13.1. The van der Waals surface area contributed by atoms with E-state index >= 15 is 0 Å². The quantitative estimate of drug-likeness (QED) is 0.872. The van der Waals surface area contributed by atoms with Gasteiger partial charge in [-0.15, -0.1) is 0 Å². The van der Waals surface area contributed by atoms with Crippen LogP contribution in [0, 0.1) is 6.92 Å². The zero-order chi connectivity index (χ0) is 16.3. The first-order valence-corrected chi connectivity index (χ1v) is 8.55. The summed E-state index contributed by atoms with van der Waals surface area (Å²) in [5.41, 5.74) is 3.21. The van der Waals surface area contributed by atoms with Crippen molar-refractivity contribution in [3.05, 3.63) is 71.3 Å². The van der Waals surface area contributed by atoms with Crippen LogP contribution in [0.5, 0.6) is 0 Å². The molecule has 1 unspecified atom stereocenters. The van der Waals surface area contributed by atoms with Crippen molar-refractivity contribution in [1.29, 1.82) is 0 Å². The van der Waals surface area contributed by atoms with Gasteiger partial charge in [0.1, 0.15) is 0 Å². The molecule has 0 aliphatic heterocycles. The third-order valence-corrected chi connectivity index (χ3v) is 5.14. The van der Waals surface area contributed by atoms with E-state index in [0.717, 1.165) is 36.8 Å². The molecule has 0 saturated heterocycles. The summed E-state index contributed by atoms with van der Waals surface area (Å²) in [6.45, 7) is 4.15. The molecule has 1 aliphatic rings. The second-order valence-electron chi connectivity index (χ2n) is 6.76. The van der Waals surface area contributed by atoms with E-state index in [2.05, 4.69) is 55.6 Å². The number of amides is 1. The molecule has 1 saturated carbocycles. The van der Waals surface area contributed by atoms with Crippen LogP contribution in [-0.4, -0.2) is 5.91 Å². The van der Waals surface area contributed by atoms with Gasteiger partial charge in [-0.05, 0) is 37.8 Å². The molecule has 2 aromatic carbocycles. The largest absolute Gasteiger partial charge is 0.349 e. The fourth-order valence-electron chi connectivity index (χ4n) is 3.66. The first-order valence-electron chi connectivity index (χ1n) is 8.55. The Morgan fingerprint density at radius 1 is 1.00 bits per heavy atom. The number of hydrogen-bond donors (Lipinski definition) is 1. The van der Waals surface area contributed by atoms with E-state index in [9.17, 15) is 4.79 Å². The molecular formula is C21H25NO. The molecule has 23 heavy (non-hydrogen) atoms. The van der Waals surface area contributed by atoms with E-state index in [1.807, 2.05) is 18.2 Å². The van der Waals surface area contributed by atoms with E-state index < -0.39 is 0 Å². The molecule has 0 radical (unpaired) electrons. The average molecular weight is 307 g/mol. The highest BCUT2D eigenvalue weighted by Gasteiger charge is 2.42. The highest BCUT2D eigenvalue weighted by Crippen LogP contribution is 2.41. The van der Waals surface area contributed by atoms with E-state index in [1.165, 1.54) is 5.56 Å². The fraction of sp³-hybridized carbons (Fsp3) is 0.381. The van der Waals surface area contributed by atoms with Gasteiger partial charge in [-0.2, -0.15) is 0 Å². The second kappa shape index (κ2) is 6.57. The highest BCUT2D eigenvalue weighted by molar-refractivity contribution is 5.88. The molecule has 1 atom stereocenters. The minimum Gasteiger partial charge on any atom is -0.349 e. The number of nitrogens with one attached hydrogen (secondary N) is 1. The van der Waals surface area contributed by atoms with Crippen LogP contribution in [0.25, 0.3) is 0 Å². The maximum atomic E-state index is 13.1. The predicted molar refractivity (Wildman–Crippen MR) is 94.3 cm³/mol. The van der Waals surface area contributed by atoms with Crippen LogP contribution >= 0.6 is 0 Å². The minimum atomic E-state index is -0.347. The lowest BCUT2D eigenvalue weighted by atomic mass is 9.77. The van der Waals surface area contributed by atoms with Gasteiger partial charge < -0.3 is 5.32 Å². The summed E-state index contributed by atoms with van der Waals surface area (Å²) in [6, 6.07) is 18.7. The Balaban J connectivity index is 1.81. The third-order valence-electron chi connectivity index (χ3n) is 5.14. The monoisotopic (exact) mass is 307 g/mol. The van der Waals surface area contributed by atoms with Crippen LogP contribution in [-0.2, 0) is 10.2 Å². The van der Waals surface area contributed by atoms with E-state index in [-0.39, 0.29) is 17.4 Å². The van der Waals surface area contributed by atoms with Gasteiger partial charge in [-0.3, -0.25) is 4.79 Å². The standard InChI is InChI=1S/C21H25NO/c1-16-10-12-18(13-11-16)17(2)22-20(23)21(14-6-7-15-21)19-8-4-3-5-9-19/h3-5,8-13,17H,6-7,14-15H2,1-2H3,(H,22,23). The van der Waals surface area contributed by atoms with Gasteiger partial charge >= 0.3 is 0 Å². The molecule has 2 aromatic rings. The van der Waals surface area contributed by atoms with Crippen LogP contribution in [0.4, 0.5) is 0 Å². The molecule has 120 valence electrons. The molecule has 3 rings (SSSR count). The van der Waals surface area contributed by atoms with Crippen molar-refractivity contribution in [3.63, 3.8) is 0 Å². The summed E-state index contributed by atoms with van der Waals surface area (Å²) in [6.07, 6.45) is 4.15. The smallest absolute Gasteiger partial charge is 0.231 e. The van der Waals surface area contributed by atoms with Gasteiger partial charge in [0, 0.05) is 0 Å². The van der Waals surface area contributed by atoms with Gasteiger partial charge in [0.2, 0.25) is 5.91 Å². The first-order chi connectivity index (χ1) is 11.1. The molecule has 0 heterocycles. The minimum absolute atomic E-state index is 0.0317. The third kappa shape index (κ3) is 3.17. The second-order valence-corrected chi connectivity index (χ2v) is 6.76. The SMILES string of the molecule is Cc1ccc(C(C)NC(=O)C2(c3ccccc3)CCCC2)cc1. The van der Waals surface area contributed by atoms with E-state index in [1.54, 1.807) is 0 Å². The molecule has 0 spiro atoms. The molecule has 0 aromatic heterocycles. The Morgan fingerprint density at radius 3 is 2.22 bits per heavy atom. The van der Waals surface area contributed by atoms with E-state index in [4.69, 9.17) is 0 Å². The summed E-state index contributed by atoms with van der Waals surface area (Å²) >= 11 is 0. The average Bonchev–Trinajstić information content (AvgIpc) is 3.07. The van der Waals surface area contributed by atoms with Crippen molar-refractivity contribution < 1.29 is 4.79 Å². The topological polar surface area (TPSA) is 29.1 Å². The normalized spacial score (nSPS) is 17.7. The molecule has 1 fully saturated rings. The van der Waals surface area contributed by atoms with Crippen LogP contribution in [0.1, 0.15) is 55.3 Å². The predicted octanol–water partition coefficient (Wildman–Crippen LogP) is 4.68. The number of carbonyl (C=O) groups is 1. The van der Waals surface area contributed by atoms with Crippen LogP contribution in [0.3, 0.4) is 0 Å². The van der Waals surface area contributed by atoms with Gasteiger partial charge in [-0.25, -0.2) is 0 Å². The van der Waals surface area contributed by atoms with Crippen LogP contribution < -0.4 is 5.32 Å². The highest BCUT2D eigenvalue weighted by atomic mass is 16.2. The molecule has 1 aliphatic carbocycles. The Labute approximate surface area is 138 Å². The molecular weight excluding hydrogens is 282 g/mol. The molecule has 1 N–H and O–H groups in total. The summed E-state index contributed by atoms with van der Waals surface area (Å²) < 4.78 is 0. The van der Waals surface area contributed by atoms with E-state index in [0.29, 0.717) is 0 Å². The van der Waals surface area contributed by atoms with Crippen molar-refractivity contribution in [2.24, 2.45) is 0 Å². The summed E-state index contributed by atoms with van der Waals surface area (Å²) in [5, 5.41) is 3.26. The van der Waals surface area contributed by atoms with Crippen molar-refractivity contribution >= 4 is 5.91 Å². The Hall–Kier alpha value is -2.09. The number of benzene rings is 2. The molecule has 2 nitrogen and oxygen atoms in total. The van der Waals surface area contributed by atoms with Gasteiger partial charge in [0.05, 0.1) is 11.5 Å². The Morgan fingerprint density at radius 2 is 1.61 bits per heavy atom.